The second-order valence-electron chi connectivity index (χ2n) is 5.77. The lowest BCUT2D eigenvalue weighted by Crippen LogP contribution is -2.38. The van der Waals surface area contributed by atoms with Crippen LogP contribution in [0.15, 0.2) is 4.99 Å². The van der Waals surface area contributed by atoms with Crippen LogP contribution in [-0.2, 0) is 4.74 Å². The number of methoxy groups -OCH3 is 1. The van der Waals surface area contributed by atoms with Crippen molar-refractivity contribution in [2.75, 3.05) is 33.9 Å². The van der Waals surface area contributed by atoms with Crippen molar-refractivity contribution in [3.8, 4) is 0 Å². The van der Waals surface area contributed by atoms with E-state index in [4.69, 9.17) is 4.74 Å². The van der Waals surface area contributed by atoms with Crippen LogP contribution in [0.25, 0.3) is 0 Å². The van der Waals surface area contributed by atoms with Crippen molar-refractivity contribution in [3.05, 3.63) is 0 Å². The third kappa shape index (κ3) is 11.2. The van der Waals surface area contributed by atoms with Crippen LogP contribution in [0.1, 0.15) is 57.8 Å². The molecule has 0 aromatic carbocycles. The maximum absolute atomic E-state index is 5.04. The van der Waals surface area contributed by atoms with Crippen LogP contribution in [0.3, 0.4) is 0 Å². The summed E-state index contributed by atoms with van der Waals surface area (Å²) in [5.41, 5.74) is 0. The molecule has 126 valence electrons. The molecule has 0 aliphatic heterocycles. The number of aliphatic imine (C=N–C) groups is 1. The lowest BCUT2D eigenvalue weighted by molar-refractivity contribution is 0.192. The summed E-state index contributed by atoms with van der Waals surface area (Å²) in [5.74, 6) is 1.94. The topological polar surface area (TPSA) is 45.7 Å². The zero-order valence-electron chi connectivity index (χ0n) is 13.8. The highest BCUT2D eigenvalue weighted by atomic mass is 127. The van der Waals surface area contributed by atoms with Gasteiger partial charge < -0.3 is 15.4 Å². The first-order chi connectivity index (χ1) is 9.86. The number of nitrogens with one attached hydrogen (secondary N) is 2. The molecule has 0 atom stereocenters. The van der Waals surface area contributed by atoms with Crippen molar-refractivity contribution < 1.29 is 4.74 Å². The molecule has 0 aromatic rings. The number of halogens is 1. The highest BCUT2D eigenvalue weighted by molar-refractivity contribution is 14.0. The Hall–Kier alpha value is -0.0400. The van der Waals surface area contributed by atoms with E-state index in [1.165, 1.54) is 51.4 Å². The van der Waals surface area contributed by atoms with Gasteiger partial charge in [0.15, 0.2) is 5.96 Å². The Morgan fingerprint density at radius 2 is 1.71 bits per heavy atom. The second kappa shape index (κ2) is 14.9. The average molecular weight is 411 g/mol. The van der Waals surface area contributed by atoms with Crippen molar-refractivity contribution in [1.82, 2.24) is 10.6 Å². The first-order valence-corrected chi connectivity index (χ1v) is 8.30. The van der Waals surface area contributed by atoms with E-state index >= 15 is 0 Å². The van der Waals surface area contributed by atoms with Crippen molar-refractivity contribution in [2.45, 2.75) is 57.8 Å². The van der Waals surface area contributed by atoms with E-state index in [1.54, 1.807) is 7.11 Å². The van der Waals surface area contributed by atoms with E-state index in [0.717, 1.165) is 38.0 Å². The van der Waals surface area contributed by atoms with Gasteiger partial charge in [0.2, 0.25) is 0 Å². The van der Waals surface area contributed by atoms with E-state index < -0.39 is 0 Å². The van der Waals surface area contributed by atoms with Crippen LogP contribution in [0, 0.1) is 5.92 Å². The molecular weight excluding hydrogens is 377 g/mol. The number of hydrogen-bond acceptors (Lipinski definition) is 2. The first kappa shape index (κ1) is 21.0. The lowest BCUT2D eigenvalue weighted by Gasteiger charge is -2.13. The summed E-state index contributed by atoms with van der Waals surface area (Å²) in [6.07, 6.45) is 12.0. The minimum Gasteiger partial charge on any atom is -0.385 e. The molecular formula is C16H34IN3O. The minimum absolute atomic E-state index is 0. The summed E-state index contributed by atoms with van der Waals surface area (Å²) in [6.45, 7) is 2.90. The predicted octanol–water partition coefficient (Wildman–Crippen LogP) is 3.56. The smallest absolute Gasteiger partial charge is 0.190 e. The summed E-state index contributed by atoms with van der Waals surface area (Å²) < 4.78 is 5.04. The molecule has 1 saturated carbocycles. The fraction of sp³-hybridized carbons (Fsp3) is 0.938. The summed E-state index contributed by atoms with van der Waals surface area (Å²) in [5, 5.41) is 6.78. The Kier molecular flexibility index (Phi) is 14.9. The largest absolute Gasteiger partial charge is 0.385 e. The molecule has 0 radical (unpaired) electrons. The number of rotatable bonds is 10. The molecule has 4 nitrogen and oxygen atoms in total. The molecule has 0 saturated heterocycles. The van der Waals surface area contributed by atoms with Gasteiger partial charge in [-0.3, -0.25) is 4.99 Å². The van der Waals surface area contributed by atoms with Gasteiger partial charge in [-0.2, -0.15) is 0 Å². The third-order valence-corrected chi connectivity index (χ3v) is 4.10. The van der Waals surface area contributed by atoms with E-state index in [2.05, 4.69) is 15.6 Å². The van der Waals surface area contributed by atoms with Crippen LogP contribution in [0.2, 0.25) is 0 Å². The molecule has 0 aromatic heterocycles. The Balaban J connectivity index is 0.00000400. The van der Waals surface area contributed by atoms with Gasteiger partial charge in [0, 0.05) is 33.9 Å². The summed E-state index contributed by atoms with van der Waals surface area (Å²) in [6, 6.07) is 0. The van der Waals surface area contributed by atoms with Crippen molar-refractivity contribution in [1.29, 1.82) is 0 Å². The lowest BCUT2D eigenvalue weighted by atomic mass is 10.0. The zero-order chi connectivity index (χ0) is 14.5. The molecule has 21 heavy (non-hydrogen) atoms. The molecule has 0 heterocycles. The van der Waals surface area contributed by atoms with Crippen LogP contribution in [0.4, 0.5) is 0 Å². The van der Waals surface area contributed by atoms with Crippen molar-refractivity contribution >= 4 is 29.9 Å². The highest BCUT2D eigenvalue weighted by Gasteiger charge is 2.13. The average Bonchev–Trinajstić information content (AvgIpc) is 2.98. The predicted molar refractivity (Wildman–Crippen MR) is 102 cm³/mol. The summed E-state index contributed by atoms with van der Waals surface area (Å²) in [7, 11) is 3.60. The van der Waals surface area contributed by atoms with Crippen LogP contribution in [0.5, 0.6) is 0 Å². The first-order valence-electron chi connectivity index (χ1n) is 8.30. The molecule has 1 fully saturated rings. The maximum atomic E-state index is 5.04. The van der Waals surface area contributed by atoms with Gasteiger partial charge >= 0.3 is 0 Å². The Bertz CT molecular complexity index is 256. The Morgan fingerprint density at radius 1 is 1.05 bits per heavy atom. The SMILES string of the molecule is CN=C(NCCCCCOC)NCCCC1CCCC1.I. The van der Waals surface area contributed by atoms with Gasteiger partial charge in [-0.15, -0.1) is 24.0 Å². The van der Waals surface area contributed by atoms with Crippen LogP contribution >= 0.6 is 24.0 Å². The van der Waals surface area contributed by atoms with E-state index in [0.29, 0.717) is 0 Å². The zero-order valence-corrected chi connectivity index (χ0v) is 16.2. The molecule has 0 bridgehead atoms. The number of hydrogen-bond donors (Lipinski definition) is 2. The fourth-order valence-corrected chi connectivity index (χ4v) is 2.87. The van der Waals surface area contributed by atoms with Gasteiger partial charge in [0.1, 0.15) is 0 Å². The molecule has 1 aliphatic rings. The number of unbranched alkanes of at least 4 members (excludes halogenated alkanes) is 2. The molecule has 0 unspecified atom stereocenters. The van der Waals surface area contributed by atoms with Crippen LogP contribution in [-0.4, -0.2) is 39.8 Å². The molecule has 5 heteroatoms. The summed E-state index contributed by atoms with van der Waals surface area (Å²) in [4.78, 5) is 4.26. The number of guanidine groups is 1. The molecule has 0 amide bonds. The number of nitrogens with zero attached hydrogens (tertiary/aromatic N) is 1. The molecule has 1 rings (SSSR count). The Morgan fingerprint density at radius 3 is 2.33 bits per heavy atom. The number of ether oxygens (including phenoxy) is 1. The van der Waals surface area contributed by atoms with Gasteiger partial charge in [0.05, 0.1) is 0 Å². The van der Waals surface area contributed by atoms with E-state index in [9.17, 15) is 0 Å². The Labute approximate surface area is 147 Å². The molecule has 0 spiro atoms. The minimum atomic E-state index is 0. The van der Waals surface area contributed by atoms with Crippen molar-refractivity contribution in [3.63, 3.8) is 0 Å². The third-order valence-electron chi connectivity index (χ3n) is 4.10. The van der Waals surface area contributed by atoms with Gasteiger partial charge in [0.25, 0.3) is 0 Å². The summed E-state index contributed by atoms with van der Waals surface area (Å²) >= 11 is 0. The van der Waals surface area contributed by atoms with Crippen molar-refractivity contribution in [2.24, 2.45) is 10.9 Å². The fourth-order valence-electron chi connectivity index (χ4n) is 2.87. The standard InChI is InChI=1S/C16H33N3O.HI/c1-17-16(18-12-6-3-7-14-20-2)19-13-8-11-15-9-4-5-10-15;/h15H,3-14H2,1-2H3,(H2,17,18,19);1H. The second-order valence-corrected chi connectivity index (χ2v) is 5.77. The van der Waals surface area contributed by atoms with Gasteiger partial charge in [-0.1, -0.05) is 25.7 Å². The normalized spacial score (nSPS) is 15.8. The van der Waals surface area contributed by atoms with Gasteiger partial charge in [-0.25, -0.2) is 0 Å². The quantitative estimate of drug-likeness (QED) is 0.250. The van der Waals surface area contributed by atoms with Crippen LogP contribution < -0.4 is 10.6 Å². The monoisotopic (exact) mass is 411 g/mol. The van der Waals surface area contributed by atoms with E-state index in [-0.39, 0.29) is 24.0 Å². The van der Waals surface area contributed by atoms with Gasteiger partial charge in [-0.05, 0) is 38.0 Å². The molecule has 1 aliphatic carbocycles. The maximum Gasteiger partial charge on any atom is 0.190 e. The van der Waals surface area contributed by atoms with E-state index in [1.807, 2.05) is 7.05 Å². The highest BCUT2D eigenvalue weighted by Crippen LogP contribution is 2.28. The molecule has 2 N–H and O–H groups in total.